The highest BCUT2D eigenvalue weighted by atomic mass is 19.3. The average molecular weight is 415 g/mol. The van der Waals surface area contributed by atoms with Crippen molar-refractivity contribution in [3.63, 3.8) is 0 Å². The first kappa shape index (κ1) is 21.4. The average Bonchev–Trinajstić information content (AvgIpc) is 2.66. The lowest BCUT2D eigenvalue weighted by Crippen LogP contribution is -2.37. The van der Waals surface area contributed by atoms with E-state index < -0.39 is 29.7 Å². The lowest BCUT2D eigenvalue weighted by molar-refractivity contribution is 0.0505. The zero-order valence-corrected chi connectivity index (χ0v) is 17.1. The second kappa shape index (κ2) is 8.22. The minimum Gasteiger partial charge on any atom is -0.444 e. The first-order valence-corrected chi connectivity index (χ1v) is 9.47. The van der Waals surface area contributed by atoms with Crippen LogP contribution in [0.5, 0.6) is 0 Å². The number of fused-ring (bicyclic) bond motifs is 1. The first-order chi connectivity index (χ1) is 14.1. The fraction of sp³-hybridized carbons (Fsp3) is 0.318. The van der Waals surface area contributed by atoms with Gasteiger partial charge in [-0.05, 0) is 45.9 Å². The van der Waals surface area contributed by atoms with E-state index in [1.165, 1.54) is 22.8 Å². The van der Waals surface area contributed by atoms with Gasteiger partial charge >= 0.3 is 6.09 Å². The van der Waals surface area contributed by atoms with Crippen LogP contribution in [0.15, 0.2) is 53.3 Å². The third-order valence-corrected chi connectivity index (χ3v) is 4.33. The summed E-state index contributed by atoms with van der Waals surface area (Å²) in [6.07, 6.45) is -3.50. The highest BCUT2D eigenvalue weighted by molar-refractivity contribution is 5.82. The van der Waals surface area contributed by atoms with Crippen molar-refractivity contribution in [3.8, 4) is 5.69 Å². The van der Waals surface area contributed by atoms with E-state index in [1.54, 1.807) is 58.0 Å². The molecule has 6 nitrogen and oxygen atoms in total. The maximum Gasteiger partial charge on any atom is 0.408 e. The third kappa shape index (κ3) is 4.48. The molecule has 0 bridgehead atoms. The Bertz CT molecular complexity index is 1120. The van der Waals surface area contributed by atoms with Crippen molar-refractivity contribution >= 4 is 17.0 Å². The molecule has 0 saturated heterocycles. The Balaban J connectivity index is 2.21. The van der Waals surface area contributed by atoms with E-state index in [9.17, 15) is 18.4 Å². The number of nitrogens with one attached hydrogen (secondary N) is 1. The summed E-state index contributed by atoms with van der Waals surface area (Å²) in [4.78, 5) is 29.9. The molecule has 0 fully saturated rings. The van der Waals surface area contributed by atoms with Gasteiger partial charge in [0.05, 0.1) is 22.6 Å². The van der Waals surface area contributed by atoms with Crippen LogP contribution in [0.4, 0.5) is 13.6 Å². The van der Waals surface area contributed by atoms with Gasteiger partial charge in [-0.3, -0.25) is 9.36 Å². The summed E-state index contributed by atoms with van der Waals surface area (Å²) in [5, 5.41) is 2.71. The van der Waals surface area contributed by atoms with E-state index in [1.807, 2.05) is 0 Å². The highest BCUT2D eigenvalue weighted by Crippen LogP contribution is 2.27. The van der Waals surface area contributed by atoms with E-state index in [2.05, 4.69) is 10.3 Å². The number of benzene rings is 2. The molecule has 0 saturated carbocycles. The van der Waals surface area contributed by atoms with E-state index in [4.69, 9.17) is 4.74 Å². The number of halogens is 2. The monoisotopic (exact) mass is 415 g/mol. The molecule has 3 rings (SSSR count). The first-order valence-electron chi connectivity index (χ1n) is 9.47. The number of amides is 1. The Morgan fingerprint density at radius 1 is 1.10 bits per heavy atom. The van der Waals surface area contributed by atoms with Gasteiger partial charge in [0, 0.05) is 5.56 Å². The van der Waals surface area contributed by atoms with Gasteiger partial charge in [0.2, 0.25) is 0 Å². The number of nitrogens with zero attached hydrogens (tertiary/aromatic N) is 2. The number of aromatic nitrogens is 2. The van der Waals surface area contributed by atoms with Crippen LogP contribution < -0.4 is 10.9 Å². The Morgan fingerprint density at radius 3 is 2.37 bits per heavy atom. The topological polar surface area (TPSA) is 73.2 Å². The molecule has 0 spiro atoms. The lowest BCUT2D eigenvalue weighted by Gasteiger charge is -2.23. The molecule has 1 N–H and O–H groups in total. The highest BCUT2D eigenvalue weighted by Gasteiger charge is 2.24. The molecular formula is C22H23F2N3O3. The molecule has 30 heavy (non-hydrogen) atoms. The van der Waals surface area contributed by atoms with E-state index in [0.717, 1.165) is 0 Å². The summed E-state index contributed by atoms with van der Waals surface area (Å²) in [7, 11) is 0. The second-order valence-electron chi connectivity index (χ2n) is 7.86. The van der Waals surface area contributed by atoms with Gasteiger partial charge in [0.15, 0.2) is 0 Å². The molecule has 3 aromatic rings. The summed E-state index contributed by atoms with van der Waals surface area (Å²) in [5.74, 6) is 0.123. The van der Waals surface area contributed by atoms with Gasteiger partial charge in [0.1, 0.15) is 11.4 Å². The molecule has 0 aliphatic carbocycles. The number of rotatable bonds is 4. The molecule has 0 aliphatic heterocycles. The number of alkyl carbamates (subject to hydrolysis) is 1. The van der Waals surface area contributed by atoms with Crippen molar-refractivity contribution < 1.29 is 18.3 Å². The molecule has 1 aromatic heterocycles. The minimum absolute atomic E-state index is 0.0740. The molecule has 2 aromatic carbocycles. The SMILES string of the molecule is C[C@H](NC(=O)OC(C)(C)C)c1nc2c(C(F)F)cccc2c(=O)n1-c1ccccc1. The molecule has 0 aliphatic rings. The fourth-order valence-corrected chi connectivity index (χ4v) is 3.09. The van der Waals surface area contributed by atoms with E-state index >= 15 is 0 Å². The van der Waals surface area contributed by atoms with Crippen molar-refractivity contribution in [2.45, 2.75) is 45.8 Å². The molecule has 8 heteroatoms. The van der Waals surface area contributed by atoms with Gasteiger partial charge in [-0.25, -0.2) is 18.6 Å². The molecule has 0 radical (unpaired) electrons. The Kier molecular flexibility index (Phi) is 5.87. The summed E-state index contributed by atoms with van der Waals surface area (Å²) in [6.45, 7) is 6.78. The quantitative estimate of drug-likeness (QED) is 0.657. The number of para-hydroxylation sites is 2. The van der Waals surface area contributed by atoms with Crippen molar-refractivity contribution in [1.29, 1.82) is 0 Å². The predicted molar refractivity (Wildman–Crippen MR) is 110 cm³/mol. The van der Waals surface area contributed by atoms with Crippen molar-refractivity contribution in [2.24, 2.45) is 0 Å². The largest absolute Gasteiger partial charge is 0.444 e. The van der Waals surface area contributed by atoms with Gasteiger partial charge < -0.3 is 10.1 Å². The van der Waals surface area contributed by atoms with Gasteiger partial charge in [-0.15, -0.1) is 0 Å². The Hall–Kier alpha value is -3.29. The predicted octanol–water partition coefficient (Wildman–Crippen LogP) is 4.91. The van der Waals surface area contributed by atoms with Crippen LogP contribution in [0.3, 0.4) is 0 Å². The zero-order chi connectivity index (χ0) is 22.1. The van der Waals surface area contributed by atoms with Gasteiger partial charge in [-0.1, -0.05) is 30.3 Å². The van der Waals surface area contributed by atoms with E-state index in [0.29, 0.717) is 5.69 Å². The number of alkyl halides is 2. The summed E-state index contributed by atoms with van der Waals surface area (Å²) in [5.41, 5.74) is -1.13. The van der Waals surface area contributed by atoms with Crippen LogP contribution in [-0.2, 0) is 4.74 Å². The van der Waals surface area contributed by atoms with Crippen LogP contribution in [-0.4, -0.2) is 21.2 Å². The number of ether oxygens (including phenoxy) is 1. The number of hydrogen-bond acceptors (Lipinski definition) is 4. The van der Waals surface area contributed by atoms with Gasteiger partial charge in [0.25, 0.3) is 12.0 Å². The van der Waals surface area contributed by atoms with Crippen LogP contribution in [0.1, 0.15) is 51.6 Å². The number of carbonyl (C=O) groups excluding carboxylic acids is 1. The Morgan fingerprint density at radius 2 is 1.77 bits per heavy atom. The maximum atomic E-state index is 13.5. The Labute approximate surface area is 172 Å². The zero-order valence-electron chi connectivity index (χ0n) is 17.1. The third-order valence-electron chi connectivity index (χ3n) is 4.33. The van der Waals surface area contributed by atoms with Crippen molar-refractivity contribution in [3.05, 3.63) is 70.3 Å². The second-order valence-corrected chi connectivity index (χ2v) is 7.86. The van der Waals surface area contributed by atoms with Crippen molar-refractivity contribution in [1.82, 2.24) is 14.9 Å². The van der Waals surface area contributed by atoms with Crippen LogP contribution in [0.2, 0.25) is 0 Å². The molecule has 1 amide bonds. The molecule has 0 unspecified atom stereocenters. The normalized spacial score (nSPS) is 12.8. The fourth-order valence-electron chi connectivity index (χ4n) is 3.09. The molecule has 158 valence electrons. The van der Waals surface area contributed by atoms with Gasteiger partial charge in [-0.2, -0.15) is 0 Å². The lowest BCUT2D eigenvalue weighted by atomic mass is 10.1. The summed E-state index contributed by atoms with van der Waals surface area (Å²) in [6, 6.07) is 12.0. The van der Waals surface area contributed by atoms with Crippen LogP contribution in [0.25, 0.3) is 16.6 Å². The summed E-state index contributed by atoms with van der Waals surface area (Å²) < 4.78 is 33.7. The molecular weight excluding hydrogens is 392 g/mol. The smallest absolute Gasteiger partial charge is 0.408 e. The van der Waals surface area contributed by atoms with Crippen LogP contribution in [0, 0.1) is 0 Å². The molecule has 1 atom stereocenters. The number of hydrogen-bond donors (Lipinski definition) is 1. The molecule has 1 heterocycles. The summed E-state index contributed by atoms with van der Waals surface area (Å²) >= 11 is 0. The minimum atomic E-state index is -2.80. The van der Waals surface area contributed by atoms with Crippen LogP contribution >= 0.6 is 0 Å². The number of carbonyl (C=O) groups is 1. The standard InChI is InChI=1S/C22H23F2N3O3/c1-13(25-21(29)30-22(2,3)4)19-26-17-15(18(23)24)11-8-12-16(17)20(28)27(19)14-9-6-5-7-10-14/h5-13,18H,1-4H3,(H,25,29)/t13-/m0/s1. The van der Waals surface area contributed by atoms with E-state index in [-0.39, 0.29) is 22.3 Å². The van der Waals surface area contributed by atoms with Crippen molar-refractivity contribution in [2.75, 3.05) is 0 Å². The maximum absolute atomic E-state index is 13.5.